The van der Waals surface area contributed by atoms with E-state index < -0.39 is 17.9 Å². The zero-order chi connectivity index (χ0) is 17.0. The number of fused-ring (bicyclic) bond motifs is 1. The van der Waals surface area contributed by atoms with Gasteiger partial charge in [0.1, 0.15) is 6.04 Å². The molecule has 0 radical (unpaired) electrons. The van der Waals surface area contributed by atoms with Gasteiger partial charge in [0.15, 0.2) is 5.65 Å². The summed E-state index contributed by atoms with van der Waals surface area (Å²) in [4.78, 5) is 35.2. The minimum absolute atomic E-state index is 0.00992. The van der Waals surface area contributed by atoms with Crippen molar-refractivity contribution in [1.82, 2.24) is 19.5 Å². The molecule has 2 atom stereocenters. The summed E-state index contributed by atoms with van der Waals surface area (Å²) >= 11 is 0. The molecule has 8 heteroatoms. The predicted molar refractivity (Wildman–Crippen MR) is 83.1 cm³/mol. The van der Waals surface area contributed by atoms with Crippen molar-refractivity contribution in [3.63, 3.8) is 0 Å². The van der Waals surface area contributed by atoms with E-state index in [1.54, 1.807) is 31.3 Å². The van der Waals surface area contributed by atoms with E-state index in [4.69, 9.17) is 5.11 Å². The third kappa shape index (κ3) is 3.77. The monoisotopic (exact) mass is 320 g/mol. The number of carbonyl (C=O) groups is 2. The highest BCUT2D eigenvalue weighted by molar-refractivity contribution is 5.83. The first-order valence-corrected chi connectivity index (χ1v) is 7.50. The Bertz CT molecular complexity index is 764. The molecule has 1 amide bonds. The van der Waals surface area contributed by atoms with E-state index >= 15 is 0 Å². The summed E-state index contributed by atoms with van der Waals surface area (Å²) in [6.45, 7) is 3.73. The van der Waals surface area contributed by atoms with Crippen LogP contribution in [0.5, 0.6) is 0 Å². The Morgan fingerprint density at radius 3 is 2.74 bits per heavy atom. The second kappa shape index (κ2) is 7.08. The van der Waals surface area contributed by atoms with Gasteiger partial charge >= 0.3 is 11.7 Å². The van der Waals surface area contributed by atoms with Crippen molar-refractivity contribution in [2.75, 3.05) is 0 Å². The first kappa shape index (κ1) is 16.7. The van der Waals surface area contributed by atoms with Crippen LogP contribution in [0.3, 0.4) is 0 Å². The highest BCUT2D eigenvalue weighted by Crippen LogP contribution is 2.08. The number of aryl methyl sites for hydroxylation is 1. The lowest BCUT2D eigenvalue weighted by molar-refractivity contribution is -0.143. The summed E-state index contributed by atoms with van der Waals surface area (Å²) in [7, 11) is 0. The number of nitrogens with zero attached hydrogens (tertiary/aromatic N) is 3. The summed E-state index contributed by atoms with van der Waals surface area (Å²) in [5.74, 6) is -1.64. The summed E-state index contributed by atoms with van der Waals surface area (Å²) in [6.07, 6.45) is 2.23. The van der Waals surface area contributed by atoms with Crippen LogP contribution >= 0.6 is 0 Å². The van der Waals surface area contributed by atoms with Crippen molar-refractivity contribution in [2.24, 2.45) is 5.92 Å². The van der Waals surface area contributed by atoms with Crippen molar-refractivity contribution in [3.05, 3.63) is 34.9 Å². The van der Waals surface area contributed by atoms with Crippen molar-refractivity contribution in [2.45, 2.75) is 39.3 Å². The second-order valence-electron chi connectivity index (χ2n) is 5.45. The molecule has 23 heavy (non-hydrogen) atoms. The zero-order valence-electron chi connectivity index (χ0n) is 13.1. The summed E-state index contributed by atoms with van der Waals surface area (Å²) in [5, 5.41) is 15.8. The molecule has 2 heterocycles. The molecule has 0 spiro atoms. The number of aromatic nitrogens is 3. The number of aliphatic carboxylic acids is 1. The highest BCUT2D eigenvalue weighted by atomic mass is 16.4. The number of rotatable bonds is 7. The molecule has 2 aromatic heterocycles. The van der Waals surface area contributed by atoms with Gasteiger partial charge in [0.25, 0.3) is 0 Å². The van der Waals surface area contributed by atoms with Gasteiger partial charge in [-0.25, -0.2) is 14.3 Å². The van der Waals surface area contributed by atoms with Crippen molar-refractivity contribution in [3.8, 4) is 0 Å². The topological polar surface area (TPSA) is 106 Å². The Balaban J connectivity index is 2.02. The molecule has 2 aromatic rings. The molecule has 0 aromatic carbocycles. The fourth-order valence-electron chi connectivity index (χ4n) is 2.25. The molecule has 0 unspecified atom stereocenters. The molecule has 8 nitrogen and oxygen atoms in total. The molecule has 0 fully saturated rings. The van der Waals surface area contributed by atoms with Crippen molar-refractivity contribution < 1.29 is 14.7 Å². The lowest BCUT2D eigenvalue weighted by atomic mass is 9.99. The van der Waals surface area contributed by atoms with Crippen LogP contribution in [0.1, 0.15) is 26.7 Å². The van der Waals surface area contributed by atoms with Gasteiger partial charge in [0, 0.05) is 12.6 Å². The summed E-state index contributed by atoms with van der Waals surface area (Å²) < 4.78 is 2.59. The molecule has 0 bridgehead atoms. The van der Waals surface area contributed by atoms with E-state index in [0.717, 1.165) is 0 Å². The van der Waals surface area contributed by atoms with E-state index in [1.807, 2.05) is 6.92 Å². The maximum Gasteiger partial charge on any atom is 0.350 e. The van der Waals surface area contributed by atoms with E-state index in [2.05, 4.69) is 10.4 Å². The standard InChI is InChI=1S/C15H20N4O4/c1-3-10(2)13(14(21)22)16-12(20)7-9-19-15(23)18-8-5-4-6-11(18)17-19/h4-6,8,10,13H,3,7,9H2,1-2H3,(H,16,20)(H,21,22)/t10-,13-/m0/s1. The lowest BCUT2D eigenvalue weighted by Gasteiger charge is -2.19. The van der Waals surface area contributed by atoms with Crippen LogP contribution in [0.4, 0.5) is 0 Å². The molecule has 2 rings (SSSR count). The third-order valence-electron chi connectivity index (χ3n) is 3.83. The fraction of sp³-hybridized carbons (Fsp3) is 0.467. The average Bonchev–Trinajstić information content (AvgIpc) is 2.86. The number of carboxylic acid groups (broad SMARTS) is 1. The molecule has 0 aliphatic carbocycles. The van der Waals surface area contributed by atoms with Crippen LogP contribution in [0.15, 0.2) is 29.2 Å². The van der Waals surface area contributed by atoms with Gasteiger partial charge in [0.05, 0.1) is 6.54 Å². The number of nitrogens with one attached hydrogen (secondary N) is 1. The minimum atomic E-state index is -1.06. The van der Waals surface area contributed by atoms with Gasteiger partial charge in [0.2, 0.25) is 5.91 Å². The third-order valence-corrected chi connectivity index (χ3v) is 3.83. The van der Waals surface area contributed by atoms with Crippen molar-refractivity contribution in [1.29, 1.82) is 0 Å². The smallest absolute Gasteiger partial charge is 0.350 e. The first-order valence-electron chi connectivity index (χ1n) is 7.50. The SMILES string of the molecule is CC[C@H](C)[C@H](NC(=O)CCn1nc2ccccn2c1=O)C(=O)O. The van der Waals surface area contributed by atoms with Crippen LogP contribution < -0.4 is 11.0 Å². The normalized spacial score (nSPS) is 13.7. The molecular weight excluding hydrogens is 300 g/mol. The Kier molecular flexibility index (Phi) is 5.15. The summed E-state index contributed by atoms with van der Waals surface area (Å²) in [5.41, 5.74) is 0.172. The number of pyridine rings is 1. The van der Waals surface area contributed by atoms with Crippen LogP contribution in [-0.4, -0.2) is 37.2 Å². The van der Waals surface area contributed by atoms with E-state index in [1.165, 1.54) is 9.08 Å². The van der Waals surface area contributed by atoms with Crippen LogP contribution in [0.25, 0.3) is 5.65 Å². The van der Waals surface area contributed by atoms with Crippen LogP contribution in [-0.2, 0) is 16.1 Å². The Hall–Kier alpha value is -2.64. The number of hydrogen-bond acceptors (Lipinski definition) is 4. The van der Waals surface area contributed by atoms with Crippen LogP contribution in [0.2, 0.25) is 0 Å². The first-order chi connectivity index (χ1) is 10.9. The molecule has 124 valence electrons. The predicted octanol–water partition coefficient (Wildman–Crippen LogP) is 0.502. The maximum absolute atomic E-state index is 12.1. The Labute approximate surface area is 132 Å². The highest BCUT2D eigenvalue weighted by Gasteiger charge is 2.25. The molecule has 0 saturated carbocycles. The van der Waals surface area contributed by atoms with E-state index in [-0.39, 0.29) is 24.6 Å². The lowest BCUT2D eigenvalue weighted by Crippen LogP contribution is -2.45. The molecule has 0 saturated heterocycles. The van der Waals surface area contributed by atoms with E-state index in [9.17, 15) is 14.4 Å². The number of hydrogen-bond donors (Lipinski definition) is 2. The van der Waals surface area contributed by atoms with Gasteiger partial charge < -0.3 is 10.4 Å². The van der Waals surface area contributed by atoms with Gasteiger partial charge in [-0.2, -0.15) is 0 Å². The Morgan fingerprint density at radius 1 is 1.39 bits per heavy atom. The van der Waals surface area contributed by atoms with E-state index in [0.29, 0.717) is 12.1 Å². The summed E-state index contributed by atoms with van der Waals surface area (Å²) in [6, 6.07) is 4.26. The van der Waals surface area contributed by atoms with Gasteiger partial charge in [-0.15, -0.1) is 5.10 Å². The minimum Gasteiger partial charge on any atom is -0.480 e. The quantitative estimate of drug-likeness (QED) is 0.773. The average molecular weight is 320 g/mol. The Morgan fingerprint density at radius 2 is 2.13 bits per heavy atom. The number of carbonyl (C=O) groups excluding carboxylic acids is 1. The van der Waals surface area contributed by atoms with Gasteiger partial charge in [-0.05, 0) is 18.1 Å². The van der Waals surface area contributed by atoms with Crippen molar-refractivity contribution >= 4 is 17.5 Å². The van der Waals surface area contributed by atoms with Gasteiger partial charge in [-0.1, -0.05) is 26.3 Å². The molecular formula is C15H20N4O4. The van der Waals surface area contributed by atoms with Gasteiger partial charge in [-0.3, -0.25) is 9.20 Å². The second-order valence-corrected chi connectivity index (χ2v) is 5.45. The largest absolute Gasteiger partial charge is 0.480 e. The fourth-order valence-corrected chi connectivity index (χ4v) is 2.25. The maximum atomic E-state index is 12.1. The molecule has 0 aliphatic rings. The van der Waals surface area contributed by atoms with Crippen LogP contribution in [0, 0.1) is 5.92 Å². The number of carboxylic acids is 1. The molecule has 0 aliphatic heterocycles. The zero-order valence-corrected chi connectivity index (χ0v) is 13.1. The molecule has 2 N–H and O–H groups in total. The number of amides is 1.